The Balaban J connectivity index is 1.85. The summed E-state index contributed by atoms with van der Waals surface area (Å²) in [6.07, 6.45) is 1.62. The van der Waals surface area contributed by atoms with Crippen LogP contribution in [0.25, 0.3) is 0 Å². The number of nitrogens with zero attached hydrogens (tertiary/aromatic N) is 2. The fraction of sp³-hybridized carbons (Fsp3) is 0.231. The van der Waals surface area contributed by atoms with Gasteiger partial charge in [-0.05, 0) is 23.9 Å². The number of nitrogens with one attached hydrogen (secondary N) is 2. The Morgan fingerprint density at radius 1 is 1.45 bits per heavy atom. The Kier molecular flexibility index (Phi) is 6.10. The van der Waals surface area contributed by atoms with Crippen LogP contribution in [0.5, 0.6) is 0 Å². The lowest BCUT2D eigenvalue weighted by Crippen LogP contribution is -2.24. The van der Waals surface area contributed by atoms with E-state index in [0.717, 1.165) is 5.56 Å². The monoisotopic (exact) mass is 354 g/mol. The van der Waals surface area contributed by atoms with Gasteiger partial charge >= 0.3 is 0 Å². The molecule has 0 bridgehead atoms. The van der Waals surface area contributed by atoms with Crippen molar-refractivity contribution in [3.8, 4) is 0 Å². The molecule has 0 fully saturated rings. The topological polar surface area (TPSA) is 84.0 Å². The molecule has 2 rings (SSSR count). The minimum atomic E-state index is -0.200. The maximum absolute atomic E-state index is 12.0. The van der Waals surface area contributed by atoms with Crippen LogP contribution >= 0.6 is 34.4 Å². The molecule has 0 aliphatic carbocycles. The summed E-state index contributed by atoms with van der Waals surface area (Å²) in [5, 5.41) is 15.6. The number of carbonyl (C=O) groups excluding carboxylic acids is 2. The maximum Gasteiger partial charge on any atom is 0.267 e. The zero-order valence-corrected chi connectivity index (χ0v) is 14.2. The zero-order valence-electron chi connectivity index (χ0n) is 11.8. The van der Waals surface area contributed by atoms with Crippen LogP contribution in [-0.2, 0) is 4.79 Å². The van der Waals surface area contributed by atoms with Gasteiger partial charge in [0.15, 0.2) is 4.34 Å². The second-order valence-corrected chi connectivity index (χ2v) is 7.31. The maximum atomic E-state index is 12.0. The third kappa shape index (κ3) is 4.93. The molecule has 0 saturated heterocycles. The summed E-state index contributed by atoms with van der Waals surface area (Å²) in [6, 6.07) is 1.82. The highest BCUT2D eigenvalue weighted by Crippen LogP contribution is 2.26. The van der Waals surface area contributed by atoms with Gasteiger partial charge in [0.05, 0.1) is 10.6 Å². The Morgan fingerprint density at radius 2 is 2.27 bits per heavy atom. The van der Waals surface area contributed by atoms with Crippen LogP contribution in [0.4, 0.5) is 5.13 Å². The van der Waals surface area contributed by atoms with Crippen molar-refractivity contribution >= 4 is 51.4 Å². The first-order chi connectivity index (χ1) is 10.6. The Hall–Kier alpha value is -1.71. The van der Waals surface area contributed by atoms with Crippen molar-refractivity contribution < 1.29 is 9.59 Å². The lowest BCUT2D eigenvalue weighted by atomic mass is 10.3. The van der Waals surface area contributed by atoms with E-state index in [0.29, 0.717) is 20.9 Å². The standard InChI is InChI=1S/C13H14N4O2S3/c1-3-4-14-10(18)7-21-13-17-16-12(22-13)15-11(19)9-5-8(2)6-20-9/h3,5-6H,1,4,7H2,2H3,(H,14,18)(H,15,16,19). The van der Waals surface area contributed by atoms with Gasteiger partial charge in [0.1, 0.15) is 0 Å². The third-order valence-electron chi connectivity index (χ3n) is 2.35. The molecule has 0 aliphatic heterocycles. The van der Waals surface area contributed by atoms with Crippen LogP contribution in [0.15, 0.2) is 28.4 Å². The fourth-order valence-corrected chi connectivity index (χ4v) is 3.76. The highest BCUT2D eigenvalue weighted by atomic mass is 32.2. The van der Waals surface area contributed by atoms with Gasteiger partial charge in [-0.15, -0.1) is 28.1 Å². The van der Waals surface area contributed by atoms with Crippen molar-refractivity contribution in [2.24, 2.45) is 0 Å². The van der Waals surface area contributed by atoms with Crippen molar-refractivity contribution in [3.05, 3.63) is 34.5 Å². The lowest BCUT2D eigenvalue weighted by Gasteiger charge is -1.99. The van der Waals surface area contributed by atoms with Crippen LogP contribution in [-0.4, -0.2) is 34.3 Å². The highest BCUT2D eigenvalue weighted by Gasteiger charge is 2.12. The number of hydrogen-bond acceptors (Lipinski definition) is 7. The molecular formula is C13H14N4O2S3. The number of carbonyl (C=O) groups is 2. The predicted molar refractivity (Wildman–Crippen MR) is 90.8 cm³/mol. The largest absolute Gasteiger partial charge is 0.352 e. The molecule has 0 radical (unpaired) electrons. The summed E-state index contributed by atoms with van der Waals surface area (Å²) in [5.74, 6) is -0.0464. The van der Waals surface area contributed by atoms with Gasteiger partial charge in [-0.2, -0.15) is 0 Å². The number of aromatic nitrogens is 2. The smallest absolute Gasteiger partial charge is 0.267 e. The van der Waals surface area contributed by atoms with E-state index in [2.05, 4.69) is 27.4 Å². The van der Waals surface area contributed by atoms with E-state index in [-0.39, 0.29) is 17.6 Å². The summed E-state index contributed by atoms with van der Waals surface area (Å²) >= 11 is 3.90. The molecule has 2 N–H and O–H groups in total. The molecule has 116 valence electrons. The molecular weight excluding hydrogens is 340 g/mol. The molecule has 2 amide bonds. The minimum Gasteiger partial charge on any atom is -0.352 e. The molecule has 6 nitrogen and oxygen atoms in total. The Bertz CT molecular complexity index is 680. The summed E-state index contributed by atoms with van der Waals surface area (Å²) in [7, 11) is 0. The Morgan fingerprint density at radius 3 is 2.95 bits per heavy atom. The second-order valence-electron chi connectivity index (χ2n) is 4.20. The van der Waals surface area contributed by atoms with E-state index in [1.165, 1.54) is 34.4 Å². The van der Waals surface area contributed by atoms with E-state index in [1.807, 2.05) is 18.4 Å². The number of aryl methyl sites for hydroxylation is 1. The molecule has 0 aromatic carbocycles. The van der Waals surface area contributed by atoms with Crippen molar-refractivity contribution in [1.29, 1.82) is 0 Å². The first-order valence-electron chi connectivity index (χ1n) is 6.29. The van der Waals surface area contributed by atoms with Crippen LogP contribution in [0.1, 0.15) is 15.2 Å². The molecule has 0 saturated carbocycles. The quantitative estimate of drug-likeness (QED) is 0.453. The van der Waals surface area contributed by atoms with E-state index >= 15 is 0 Å². The number of rotatable bonds is 7. The normalized spacial score (nSPS) is 10.2. The van der Waals surface area contributed by atoms with Crippen molar-refractivity contribution in [3.63, 3.8) is 0 Å². The van der Waals surface area contributed by atoms with Gasteiger partial charge in [0.2, 0.25) is 11.0 Å². The average molecular weight is 354 g/mol. The molecule has 2 aromatic rings. The zero-order chi connectivity index (χ0) is 15.9. The van der Waals surface area contributed by atoms with Gasteiger partial charge in [0.25, 0.3) is 5.91 Å². The van der Waals surface area contributed by atoms with Crippen LogP contribution < -0.4 is 10.6 Å². The molecule has 9 heteroatoms. The minimum absolute atomic E-state index is 0.0975. The van der Waals surface area contributed by atoms with E-state index < -0.39 is 0 Å². The number of thiophene rings is 1. The van der Waals surface area contributed by atoms with Gasteiger partial charge < -0.3 is 5.32 Å². The molecule has 0 unspecified atom stereocenters. The second kappa shape index (κ2) is 8.06. The third-order valence-corrected chi connectivity index (χ3v) is 5.37. The summed E-state index contributed by atoms with van der Waals surface area (Å²) in [4.78, 5) is 24.1. The average Bonchev–Trinajstić information content (AvgIpc) is 3.12. The van der Waals surface area contributed by atoms with Crippen LogP contribution in [0.3, 0.4) is 0 Å². The molecule has 2 aromatic heterocycles. The van der Waals surface area contributed by atoms with Crippen molar-refractivity contribution in [2.45, 2.75) is 11.3 Å². The highest BCUT2D eigenvalue weighted by molar-refractivity contribution is 8.01. The molecule has 0 spiro atoms. The number of hydrogen-bond donors (Lipinski definition) is 2. The molecule has 0 aliphatic rings. The fourth-order valence-electron chi connectivity index (χ4n) is 1.39. The molecule has 22 heavy (non-hydrogen) atoms. The SMILES string of the molecule is C=CCNC(=O)CSc1nnc(NC(=O)c2cc(C)cs2)s1. The summed E-state index contributed by atoms with van der Waals surface area (Å²) in [6.45, 7) is 5.90. The van der Waals surface area contributed by atoms with Gasteiger partial charge in [-0.1, -0.05) is 29.2 Å². The first kappa shape index (κ1) is 16.7. The number of thioether (sulfide) groups is 1. The van der Waals surface area contributed by atoms with Crippen LogP contribution in [0, 0.1) is 6.92 Å². The van der Waals surface area contributed by atoms with Gasteiger partial charge in [-0.3, -0.25) is 14.9 Å². The van der Waals surface area contributed by atoms with Gasteiger partial charge in [-0.25, -0.2) is 0 Å². The van der Waals surface area contributed by atoms with Crippen molar-refractivity contribution in [2.75, 3.05) is 17.6 Å². The summed E-state index contributed by atoms with van der Waals surface area (Å²) in [5.41, 5.74) is 1.05. The Labute approximate surface area is 140 Å². The van der Waals surface area contributed by atoms with Crippen LogP contribution in [0.2, 0.25) is 0 Å². The molecule has 0 atom stereocenters. The van der Waals surface area contributed by atoms with E-state index in [9.17, 15) is 9.59 Å². The number of anilines is 1. The van der Waals surface area contributed by atoms with Gasteiger partial charge in [0, 0.05) is 6.54 Å². The predicted octanol–water partition coefficient (Wildman–Crippen LogP) is 2.55. The first-order valence-corrected chi connectivity index (χ1v) is 8.97. The molecule has 2 heterocycles. The summed E-state index contributed by atoms with van der Waals surface area (Å²) < 4.78 is 0.631. The van der Waals surface area contributed by atoms with Crippen molar-refractivity contribution in [1.82, 2.24) is 15.5 Å². The van der Waals surface area contributed by atoms with E-state index in [4.69, 9.17) is 0 Å². The lowest BCUT2D eigenvalue weighted by molar-refractivity contribution is -0.118. The van der Waals surface area contributed by atoms with E-state index in [1.54, 1.807) is 6.08 Å². The number of amides is 2.